The highest BCUT2D eigenvalue weighted by molar-refractivity contribution is 5.84. The molecule has 0 radical (unpaired) electrons. The molecule has 0 saturated heterocycles. The van der Waals surface area contributed by atoms with E-state index in [1.807, 2.05) is 29.1 Å². The first kappa shape index (κ1) is 12.2. The Morgan fingerprint density at radius 1 is 1.53 bits per heavy atom. The Hall–Kier alpha value is -1.88. The molecule has 3 N–H and O–H groups in total. The minimum atomic E-state index is -0.186. The van der Waals surface area contributed by atoms with Crippen LogP contribution in [0.15, 0.2) is 24.5 Å². The van der Waals surface area contributed by atoms with Crippen LogP contribution in [0.1, 0.15) is 49.3 Å². The van der Waals surface area contributed by atoms with Gasteiger partial charge in [0.05, 0.1) is 11.6 Å². The van der Waals surface area contributed by atoms with Crippen molar-refractivity contribution < 1.29 is 5.21 Å². The molecule has 100 valence electrons. The van der Waals surface area contributed by atoms with Gasteiger partial charge in [0.15, 0.2) is 0 Å². The molecule has 5 heteroatoms. The molecule has 19 heavy (non-hydrogen) atoms. The normalized spacial score (nSPS) is 16.5. The average molecular weight is 258 g/mol. The van der Waals surface area contributed by atoms with E-state index < -0.39 is 0 Å². The van der Waals surface area contributed by atoms with E-state index in [1.165, 1.54) is 18.4 Å². The molecule has 0 amide bonds. The van der Waals surface area contributed by atoms with Gasteiger partial charge in [0, 0.05) is 12.4 Å². The smallest absolute Gasteiger partial charge is 0.137 e. The minimum Gasteiger partial charge on any atom is -0.307 e. The SMILES string of the molecule is CCC(C(=N)NO)c1cn2cc(C3CC3)ccc2n1. The van der Waals surface area contributed by atoms with E-state index in [0.29, 0.717) is 0 Å². The van der Waals surface area contributed by atoms with Crippen LogP contribution in [0.2, 0.25) is 0 Å². The summed E-state index contributed by atoms with van der Waals surface area (Å²) in [6.07, 6.45) is 7.38. The molecule has 3 rings (SSSR count). The molecule has 0 aliphatic heterocycles. The second kappa shape index (κ2) is 4.66. The van der Waals surface area contributed by atoms with Gasteiger partial charge in [-0.15, -0.1) is 0 Å². The highest BCUT2D eigenvalue weighted by atomic mass is 16.5. The summed E-state index contributed by atoms with van der Waals surface area (Å²) < 4.78 is 2.02. The van der Waals surface area contributed by atoms with E-state index >= 15 is 0 Å². The highest BCUT2D eigenvalue weighted by Crippen LogP contribution is 2.40. The van der Waals surface area contributed by atoms with Gasteiger partial charge in [-0.25, -0.2) is 4.98 Å². The van der Waals surface area contributed by atoms with Gasteiger partial charge < -0.3 is 4.40 Å². The summed E-state index contributed by atoms with van der Waals surface area (Å²) in [5, 5.41) is 16.6. The molecule has 2 heterocycles. The Morgan fingerprint density at radius 3 is 2.95 bits per heavy atom. The van der Waals surface area contributed by atoms with Crippen LogP contribution < -0.4 is 5.48 Å². The van der Waals surface area contributed by atoms with Crippen molar-refractivity contribution in [3.8, 4) is 0 Å². The summed E-state index contributed by atoms with van der Waals surface area (Å²) in [5.74, 6) is 0.622. The number of hydrogen-bond donors (Lipinski definition) is 3. The van der Waals surface area contributed by atoms with Gasteiger partial charge in [-0.3, -0.25) is 16.1 Å². The fraction of sp³-hybridized carbons (Fsp3) is 0.429. The van der Waals surface area contributed by atoms with Crippen LogP contribution in [-0.2, 0) is 0 Å². The maximum Gasteiger partial charge on any atom is 0.137 e. The van der Waals surface area contributed by atoms with E-state index in [-0.39, 0.29) is 11.8 Å². The zero-order chi connectivity index (χ0) is 13.4. The lowest BCUT2D eigenvalue weighted by Crippen LogP contribution is -2.25. The van der Waals surface area contributed by atoms with Gasteiger partial charge in [-0.1, -0.05) is 13.0 Å². The van der Waals surface area contributed by atoms with Crippen molar-refractivity contribution in [1.82, 2.24) is 14.9 Å². The molecular formula is C14H18N4O. The van der Waals surface area contributed by atoms with Crippen LogP contribution in [-0.4, -0.2) is 20.4 Å². The molecular weight excluding hydrogens is 240 g/mol. The highest BCUT2D eigenvalue weighted by Gasteiger charge is 2.24. The maximum absolute atomic E-state index is 8.89. The molecule has 2 aromatic heterocycles. The van der Waals surface area contributed by atoms with Crippen molar-refractivity contribution in [3.05, 3.63) is 35.8 Å². The van der Waals surface area contributed by atoms with E-state index in [0.717, 1.165) is 23.7 Å². The Morgan fingerprint density at radius 2 is 2.32 bits per heavy atom. The van der Waals surface area contributed by atoms with Crippen molar-refractivity contribution in [2.24, 2.45) is 0 Å². The molecule has 0 aromatic carbocycles. The van der Waals surface area contributed by atoms with Gasteiger partial charge in [0.25, 0.3) is 0 Å². The van der Waals surface area contributed by atoms with Gasteiger partial charge >= 0.3 is 0 Å². The zero-order valence-electron chi connectivity index (χ0n) is 10.9. The fourth-order valence-electron chi connectivity index (χ4n) is 2.49. The van der Waals surface area contributed by atoms with Crippen molar-refractivity contribution >= 4 is 11.5 Å². The number of nitrogens with one attached hydrogen (secondary N) is 2. The molecule has 0 spiro atoms. The van der Waals surface area contributed by atoms with Crippen LogP contribution in [0.4, 0.5) is 0 Å². The lowest BCUT2D eigenvalue weighted by Gasteiger charge is -2.11. The lowest BCUT2D eigenvalue weighted by molar-refractivity contribution is 0.228. The van der Waals surface area contributed by atoms with Crippen LogP contribution in [0, 0.1) is 5.41 Å². The molecule has 1 unspecified atom stereocenters. The summed E-state index contributed by atoms with van der Waals surface area (Å²) in [6.45, 7) is 1.98. The molecule has 1 saturated carbocycles. The summed E-state index contributed by atoms with van der Waals surface area (Å²) in [4.78, 5) is 4.54. The second-order valence-corrected chi connectivity index (χ2v) is 5.15. The quantitative estimate of drug-likeness (QED) is 0.448. The Labute approximate surface area is 111 Å². The number of hydrogen-bond acceptors (Lipinski definition) is 3. The van der Waals surface area contributed by atoms with Crippen molar-refractivity contribution in [2.75, 3.05) is 0 Å². The summed E-state index contributed by atoms with van der Waals surface area (Å²) in [6, 6.07) is 4.17. The first-order valence-corrected chi connectivity index (χ1v) is 6.70. The number of hydroxylamine groups is 1. The van der Waals surface area contributed by atoms with Crippen LogP contribution >= 0.6 is 0 Å². The van der Waals surface area contributed by atoms with Crippen LogP contribution in [0.25, 0.3) is 5.65 Å². The average Bonchev–Trinajstić information content (AvgIpc) is 3.19. The van der Waals surface area contributed by atoms with Crippen molar-refractivity contribution in [2.45, 2.75) is 38.0 Å². The van der Waals surface area contributed by atoms with E-state index in [1.54, 1.807) is 0 Å². The monoisotopic (exact) mass is 258 g/mol. The third-order valence-electron chi connectivity index (χ3n) is 3.78. The van der Waals surface area contributed by atoms with Gasteiger partial charge in [0.2, 0.25) is 0 Å². The second-order valence-electron chi connectivity index (χ2n) is 5.15. The van der Waals surface area contributed by atoms with E-state index in [4.69, 9.17) is 10.6 Å². The third kappa shape index (κ3) is 2.21. The lowest BCUT2D eigenvalue weighted by atomic mass is 10.0. The topological polar surface area (TPSA) is 73.4 Å². The Balaban J connectivity index is 1.97. The number of pyridine rings is 1. The van der Waals surface area contributed by atoms with E-state index in [2.05, 4.69) is 17.2 Å². The molecule has 1 aliphatic rings. The molecule has 1 atom stereocenters. The molecule has 1 aliphatic carbocycles. The van der Waals surface area contributed by atoms with Crippen molar-refractivity contribution in [3.63, 3.8) is 0 Å². The fourth-order valence-corrected chi connectivity index (χ4v) is 2.49. The third-order valence-corrected chi connectivity index (χ3v) is 3.78. The number of nitrogens with zero attached hydrogens (tertiary/aromatic N) is 2. The Bertz CT molecular complexity index is 615. The first-order valence-electron chi connectivity index (χ1n) is 6.70. The number of rotatable bonds is 4. The van der Waals surface area contributed by atoms with Gasteiger partial charge in [-0.2, -0.15) is 0 Å². The minimum absolute atomic E-state index is 0.0910. The van der Waals surface area contributed by atoms with Crippen LogP contribution in [0.3, 0.4) is 0 Å². The maximum atomic E-state index is 8.89. The zero-order valence-corrected chi connectivity index (χ0v) is 10.9. The Kier molecular flexibility index (Phi) is 2.98. The summed E-state index contributed by atoms with van der Waals surface area (Å²) >= 11 is 0. The van der Waals surface area contributed by atoms with Crippen LogP contribution in [0.5, 0.6) is 0 Å². The number of fused-ring (bicyclic) bond motifs is 1. The standard InChI is InChI=1S/C14H18N4O/c1-2-11(14(15)17-19)12-8-18-7-10(9-3-4-9)5-6-13(18)16-12/h5-9,11,19H,2-4H2,1H3,(H2,15,17). The molecule has 2 aromatic rings. The number of aromatic nitrogens is 2. The summed E-state index contributed by atoms with van der Waals surface area (Å²) in [5.41, 5.74) is 5.01. The first-order chi connectivity index (χ1) is 9.22. The molecule has 5 nitrogen and oxygen atoms in total. The molecule has 1 fully saturated rings. The number of imidazole rings is 1. The predicted molar refractivity (Wildman–Crippen MR) is 72.8 cm³/mol. The summed E-state index contributed by atoms with van der Waals surface area (Å²) in [7, 11) is 0. The number of amidine groups is 1. The van der Waals surface area contributed by atoms with Gasteiger partial charge in [0.1, 0.15) is 11.5 Å². The predicted octanol–water partition coefficient (Wildman–Crippen LogP) is 2.66. The van der Waals surface area contributed by atoms with Crippen molar-refractivity contribution in [1.29, 1.82) is 5.41 Å². The van der Waals surface area contributed by atoms with E-state index in [9.17, 15) is 0 Å². The molecule has 0 bridgehead atoms. The van der Waals surface area contributed by atoms with Gasteiger partial charge in [-0.05, 0) is 36.8 Å². The largest absolute Gasteiger partial charge is 0.307 e.